The highest BCUT2D eigenvalue weighted by molar-refractivity contribution is 7.26. The third-order valence-electron chi connectivity index (χ3n) is 10.2. The lowest BCUT2D eigenvalue weighted by atomic mass is 9.84. The molecule has 0 aliphatic carbocycles. The first kappa shape index (κ1) is 30.8. The number of hydrogen-bond acceptors (Lipinski definition) is 3. The van der Waals surface area contributed by atoms with Gasteiger partial charge in [-0.15, -0.1) is 22.7 Å². The molecule has 1 nitrogen and oxygen atoms in total. The average molecular weight is 700 g/mol. The number of hydrogen-bond donors (Lipinski definition) is 0. The van der Waals surface area contributed by atoms with Gasteiger partial charge in [-0.05, 0) is 82.4 Å². The van der Waals surface area contributed by atoms with E-state index in [-0.39, 0.29) is 5.92 Å². The van der Waals surface area contributed by atoms with E-state index >= 15 is 0 Å². The molecule has 246 valence electrons. The van der Waals surface area contributed by atoms with Gasteiger partial charge in [0.05, 0.1) is 0 Å². The highest BCUT2D eigenvalue weighted by atomic mass is 32.1. The van der Waals surface area contributed by atoms with Gasteiger partial charge in [0, 0.05) is 63.3 Å². The molecule has 0 amide bonds. The van der Waals surface area contributed by atoms with Crippen LogP contribution in [0.25, 0.3) is 51.5 Å². The molecular formula is C49H33NS2. The Labute approximate surface area is 311 Å². The predicted octanol–water partition coefficient (Wildman–Crippen LogP) is 14.7. The van der Waals surface area contributed by atoms with Gasteiger partial charge in [-0.2, -0.15) is 0 Å². The second-order valence-corrected chi connectivity index (χ2v) is 15.5. The van der Waals surface area contributed by atoms with Crippen LogP contribution in [0.5, 0.6) is 0 Å². The lowest BCUT2D eigenvalue weighted by Gasteiger charge is -2.25. The van der Waals surface area contributed by atoms with Crippen LogP contribution < -0.4 is 4.90 Å². The van der Waals surface area contributed by atoms with Crippen LogP contribution in [-0.2, 0) is 0 Å². The maximum Gasteiger partial charge on any atom is 0.0476 e. The normalized spacial score (nSPS) is 12.2. The third kappa shape index (κ3) is 5.47. The van der Waals surface area contributed by atoms with E-state index in [1.165, 1.54) is 68.2 Å². The van der Waals surface area contributed by atoms with Crippen molar-refractivity contribution in [2.24, 2.45) is 0 Å². The van der Waals surface area contributed by atoms with Crippen LogP contribution >= 0.6 is 22.7 Å². The Bertz CT molecular complexity index is 2800. The van der Waals surface area contributed by atoms with Crippen molar-refractivity contribution in [2.75, 3.05) is 4.90 Å². The Hall–Kier alpha value is -6.00. The lowest BCUT2D eigenvalue weighted by molar-refractivity contribution is 0.984. The molecule has 0 radical (unpaired) electrons. The van der Waals surface area contributed by atoms with Crippen LogP contribution in [0.4, 0.5) is 17.1 Å². The smallest absolute Gasteiger partial charge is 0.0476 e. The molecule has 10 rings (SSSR count). The van der Waals surface area contributed by atoms with E-state index in [4.69, 9.17) is 0 Å². The number of rotatable bonds is 7. The molecule has 0 aliphatic rings. The summed E-state index contributed by atoms with van der Waals surface area (Å²) in [6.45, 7) is 0. The molecule has 2 aromatic heterocycles. The largest absolute Gasteiger partial charge is 0.310 e. The monoisotopic (exact) mass is 699 g/mol. The van der Waals surface area contributed by atoms with E-state index < -0.39 is 0 Å². The van der Waals surface area contributed by atoms with Gasteiger partial charge in [0.1, 0.15) is 0 Å². The average Bonchev–Trinajstić information content (AvgIpc) is 3.77. The molecule has 0 fully saturated rings. The van der Waals surface area contributed by atoms with Crippen LogP contribution in [-0.4, -0.2) is 0 Å². The molecule has 10 aromatic rings. The first-order chi connectivity index (χ1) is 25.8. The molecule has 0 aliphatic heterocycles. The summed E-state index contributed by atoms with van der Waals surface area (Å²) in [5, 5.41) is 5.27. The van der Waals surface area contributed by atoms with E-state index in [1.807, 2.05) is 22.7 Å². The lowest BCUT2D eigenvalue weighted by Crippen LogP contribution is -2.09. The molecule has 52 heavy (non-hydrogen) atoms. The summed E-state index contributed by atoms with van der Waals surface area (Å²) in [6, 6.07) is 71.1. The molecule has 1 unspecified atom stereocenters. The Morgan fingerprint density at radius 1 is 0.308 bits per heavy atom. The van der Waals surface area contributed by atoms with Crippen molar-refractivity contribution in [3.63, 3.8) is 0 Å². The maximum atomic E-state index is 2.44. The van der Waals surface area contributed by atoms with Gasteiger partial charge in [-0.25, -0.2) is 0 Å². The summed E-state index contributed by atoms with van der Waals surface area (Å²) in [5.41, 5.74) is 9.84. The summed E-state index contributed by atoms with van der Waals surface area (Å²) >= 11 is 3.77. The molecule has 2 heterocycles. The van der Waals surface area contributed by atoms with Gasteiger partial charge in [0.25, 0.3) is 0 Å². The highest BCUT2D eigenvalue weighted by Gasteiger charge is 2.21. The second kappa shape index (κ2) is 13.0. The fourth-order valence-corrected chi connectivity index (χ4v) is 10.0. The standard InChI is InChI=1S/C49H33NS2/c1-4-12-33(13-5-1)34-20-22-35(23-21-34)49(36-24-27-42-41-18-10-11-19-45(41)51-46(42)30-36)37-25-28-43-44-29-26-40(32-48(44)52-47(43)31-37)50(38-14-6-2-7-15-38)39-16-8-3-9-17-39/h1-32,49H. The Kier molecular flexibility index (Phi) is 7.67. The molecule has 3 heteroatoms. The van der Waals surface area contributed by atoms with Gasteiger partial charge in [0.15, 0.2) is 0 Å². The number of benzene rings is 8. The molecule has 8 aromatic carbocycles. The fourth-order valence-electron chi connectivity index (χ4n) is 7.70. The zero-order chi connectivity index (χ0) is 34.4. The minimum absolute atomic E-state index is 0.0938. The summed E-state index contributed by atoms with van der Waals surface area (Å²) in [7, 11) is 0. The first-order valence-corrected chi connectivity index (χ1v) is 19.3. The Morgan fingerprint density at radius 2 is 0.750 bits per heavy atom. The predicted molar refractivity (Wildman–Crippen MR) is 226 cm³/mol. The minimum atomic E-state index is 0.0938. The molecule has 0 saturated heterocycles. The number of thiophene rings is 2. The Balaban J connectivity index is 1.10. The fraction of sp³-hybridized carbons (Fsp3) is 0.0204. The maximum absolute atomic E-state index is 2.44. The summed E-state index contributed by atoms with van der Waals surface area (Å²) in [6.07, 6.45) is 0. The van der Waals surface area contributed by atoms with Gasteiger partial charge < -0.3 is 4.90 Å². The van der Waals surface area contributed by atoms with Crippen LogP contribution in [0.1, 0.15) is 22.6 Å². The highest BCUT2D eigenvalue weighted by Crippen LogP contribution is 2.44. The number of anilines is 3. The van der Waals surface area contributed by atoms with Crippen LogP contribution in [0.2, 0.25) is 0 Å². The number of para-hydroxylation sites is 2. The van der Waals surface area contributed by atoms with Crippen LogP contribution in [0.15, 0.2) is 194 Å². The van der Waals surface area contributed by atoms with E-state index in [0.717, 1.165) is 17.1 Å². The number of fused-ring (bicyclic) bond motifs is 6. The quantitative estimate of drug-likeness (QED) is 0.150. The van der Waals surface area contributed by atoms with E-state index in [1.54, 1.807) is 0 Å². The molecule has 0 spiro atoms. The van der Waals surface area contributed by atoms with E-state index in [0.29, 0.717) is 0 Å². The SMILES string of the molecule is c1ccc(-c2ccc(C(c3ccc4c(c3)sc3ccccc34)c3ccc4c(c3)sc3cc(N(c5ccccc5)c5ccccc5)ccc34)cc2)cc1. The summed E-state index contributed by atoms with van der Waals surface area (Å²) in [5.74, 6) is 0.0938. The first-order valence-electron chi connectivity index (χ1n) is 17.7. The van der Waals surface area contributed by atoms with Crippen molar-refractivity contribution in [2.45, 2.75) is 5.92 Å². The van der Waals surface area contributed by atoms with E-state index in [9.17, 15) is 0 Å². The summed E-state index contributed by atoms with van der Waals surface area (Å²) < 4.78 is 5.27. The molecule has 1 atom stereocenters. The zero-order valence-corrected chi connectivity index (χ0v) is 29.9. The van der Waals surface area contributed by atoms with Crippen molar-refractivity contribution in [1.82, 2.24) is 0 Å². The zero-order valence-electron chi connectivity index (χ0n) is 28.3. The molecule has 0 bridgehead atoms. The topological polar surface area (TPSA) is 3.24 Å². The second-order valence-electron chi connectivity index (χ2n) is 13.3. The van der Waals surface area contributed by atoms with Crippen molar-refractivity contribution < 1.29 is 0 Å². The van der Waals surface area contributed by atoms with E-state index in [2.05, 4.69) is 199 Å². The van der Waals surface area contributed by atoms with Crippen LogP contribution in [0.3, 0.4) is 0 Å². The molecular weight excluding hydrogens is 667 g/mol. The molecule has 0 N–H and O–H groups in total. The van der Waals surface area contributed by atoms with Crippen molar-refractivity contribution in [3.8, 4) is 11.1 Å². The molecule has 0 saturated carbocycles. The van der Waals surface area contributed by atoms with Gasteiger partial charge in [-0.1, -0.05) is 140 Å². The van der Waals surface area contributed by atoms with Crippen molar-refractivity contribution in [1.29, 1.82) is 0 Å². The third-order valence-corrected chi connectivity index (χ3v) is 12.4. The summed E-state index contributed by atoms with van der Waals surface area (Å²) in [4.78, 5) is 2.34. The van der Waals surface area contributed by atoms with Crippen LogP contribution in [0, 0.1) is 0 Å². The van der Waals surface area contributed by atoms with Crippen molar-refractivity contribution in [3.05, 3.63) is 211 Å². The number of nitrogens with zero attached hydrogens (tertiary/aromatic N) is 1. The van der Waals surface area contributed by atoms with Gasteiger partial charge >= 0.3 is 0 Å². The minimum Gasteiger partial charge on any atom is -0.310 e. The van der Waals surface area contributed by atoms with Crippen molar-refractivity contribution >= 4 is 80.1 Å². The van der Waals surface area contributed by atoms with Gasteiger partial charge in [-0.3, -0.25) is 0 Å². The Morgan fingerprint density at radius 3 is 1.37 bits per heavy atom. The van der Waals surface area contributed by atoms with Gasteiger partial charge in [0.2, 0.25) is 0 Å².